The van der Waals surface area contributed by atoms with Crippen molar-refractivity contribution in [3.05, 3.63) is 29.3 Å². The fourth-order valence-electron chi connectivity index (χ4n) is 2.75. The molecule has 0 saturated heterocycles. The molecule has 3 nitrogen and oxygen atoms in total. The molecule has 2 rings (SSSR count). The van der Waals surface area contributed by atoms with E-state index in [4.69, 9.17) is 4.74 Å². The summed E-state index contributed by atoms with van der Waals surface area (Å²) in [7, 11) is 0. The van der Waals surface area contributed by atoms with Crippen LogP contribution in [0.15, 0.2) is 18.2 Å². The van der Waals surface area contributed by atoms with Crippen LogP contribution in [0, 0.1) is 0 Å². The van der Waals surface area contributed by atoms with Crippen LogP contribution in [0.25, 0.3) is 0 Å². The van der Waals surface area contributed by atoms with Crippen molar-refractivity contribution >= 4 is 0 Å². The zero-order valence-corrected chi connectivity index (χ0v) is 13.1. The molecule has 0 aliphatic carbocycles. The summed E-state index contributed by atoms with van der Waals surface area (Å²) < 4.78 is 5.56. The molecule has 1 atom stereocenters. The van der Waals surface area contributed by atoms with E-state index in [0.29, 0.717) is 6.04 Å². The predicted octanol–water partition coefficient (Wildman–Crippen LogP) is 3.00. The van der Waals surface area contributed by atoms with Crippen molar-refractivity contribution in [1.82, 2.24) is 10.2 Å². The average Bonchev–Trinajstić information content (AvgIpc) is 2.94. The molecule has 1 heterocycles. The molecule has 0 spiro atoms. The summed E-state index contributed by atoms with van der Waals surface area (Å²) in [5, 5.41) is 3.63. The highest BCUT2D eigenvalue weighted by molar-refractivity contribution is 5.40. The van der Waals surface area contributed by atoms with Gasteiger partial charge in [0, 0.05) is 12.5 Å². The molecule has 1 N–H and O–H groups in total. The second-order valence-electron chi connectivity index (χ2n) is 5.52. The van der Waals surface area contributed by atoms with E-state index in [9.17, 15) is 0 Å². The Morgan fingerprint density at radius 1 is 1.30 bits per heavy atom. The van der Waals surface area contributed by atoms with Gasteiger partial charge in [0.05, 0.1) is 6.61 Å². The zero-order chi connectivity index (χ0) is 14.4. The lowest BCUT2D eigenvalue weighted by molar-refractivity contribution is 0.296. The molecule has 0 amide bonds. The monoisotopic (exact) mass is 276 g/mol. The number of nitrogens with zero attached hydrogens (tertiary/aromatic N) is 1. The zero-order valence-electron chi connectivity index (χ0n) is 13.1. The number of fused-ring (bicyclic) bond motifs is 1. The van der Waals surface area contributed by atoms with Crippen molar-refractivity contribution in [3.8, 4) is 5.75 Å². The molecule has 112 valence electrons. The largest absolute Gasteiger partial charge is 0.493 e. The molecule has 1 unspecified atom stereocenters. The van der Waals surface area contributed by atoms with E-state index in [-0.39, 0.29) is 0 Å². The predicted molar refractivity (Wildman–Crippen MR) is 84.5 cm³/mol. The van der Waals surface area contributed by atoms with E-state index in [1.165, 1.54) is 24.1 Å². The summed E-state index contributed by atoms with van der Waals surface area (Å²) in [4.78, 5) is 2.47. The second-order valence-corrected chi connectivity index (χ2v) is 5.52. The molecule has 1 aromatic carbocycles. The lowest BCUT2D eigenvalue weighted by Gasteiger charge is -2.19. The summed E-state index contributed by atoms with van der Waals surface area (Å²) in [5.41, 5.74) is 2.73. The van der Waals surface area contributed by atoms with Crippen molar-refractivity contribution < 1.29 is 4.74 Å². The van der Waals surface area contributed by atoms with Crippen LogP contribution in [0.1, 0.15) is 44.4 Å². The van der Waals surface area contributed by atoms with Crippen LogP contribution in [0.4, 0.5) is 0 Å². The van der Waals surface area contributed by atoms with Crippen molar-refractivity contribution in [2.45, 2.75) is 39.7 Å². The van der Waals surface area contributed by atoms with Gasteiger partial charge in [-0.2, -0.15) is 0 Å². The van der Waals surface area contributed by atoms with E-state index in [2.05, 4.69) is 49.2 Å². The van der Waals surface area contributed by atoms with E-state index in [0.717, 1.165) is 38.4 Å². The van der Waals surface area contributed by atoms with E-state index < -0.39 is 0 Å². The molecule has 1 aromatic rings. The highest BCUT2D eigenvalue weighted by Gasteiger charge is 2.14. The Hall–Kier alpha value is -1.06. The van der Waals surface area contributed by atoms with E-state index >= 15 is 0 Å². The lowest BCUT2D eigenvalue weighted by atomic mass is 10.0. The quantitative estimate of drug-likeness (QED) is 0.739. The third kappa shape index (κ3) is 3.97. The molecule has 0 radical (unpaired) electrons. The number of ether oxygens (including phenoxy) is 1. The SMILES string of the molecule is CCN(CC)CCCNC(C)c1ccc2c(c1)CCO2. The minimum atomic E-state index is 0.414. The van der Waals surface area contributed by atoms with Crippen LogP contribution in [0.5, 0.6) is 5.75 Å². The Labute approximate surface area is 123 Å². The summed E-state index contributed by atoms with van der Waals surface area (Å²) >= 11 is 0. The number of hydrogen-bond donors (Lipinski definition) is 1. The first-order valence-corrected chi connectivity index (χ1v) is 7.96. The Bertz CT molecular complexity index is 415. The molecule has 0 aromatic heterocycles. The highest BCUT2D eigenvalue weighted by Crippen LogP contribution is 2.27. The number of hydrogen-bond acceptors (Lipinski definition) is 3. The smallest absolute Gasteiger partial charge is 0.122 e. The molecule has 0 saturated carbocycles. The van der Waals surface area contributed by atoms with Gasteiger partial charge in [0.2, 0.25) is 0 Å². The molecule has 0 bridgehead atoms. The van der Waals surface area contributed by atoms with Gasteiger partial charge >= 0.3 is 0 Å². The lowest BCUT2D eigenvalue weighted by Crippen LogP contribution is -2.28. The topological polar surface area (TPSA) is 24.5 Å². The molecule has 0 fully saturated rings. The van der Waals surface area contributed by atoms with Crippen LogP contribution in [0.2, 0.25) is 0 Å². The fraction of sp³-hybridized carbons (Fsp3) is 0.647. The van der Waals surface area contributed by atoms with E-state index in [1.807, 2.05) is 0 Å². The first kappa shape index (κ1) is 15.3. The maximum absolute atomic E-state index is 5.56. The third-order valence-electron chi connectivity index (χ3n) is 4.21. The van der Waals surface area contributed by atoms with Crippen LogP contribution in [-0.2, 0) is 6.42 Å². The van der Waals surface area contributed by atoms with Gasteiger partial charge in [0.25, 0.3) is 0 Å². The summed E-state index contributed by atoms with van der Waals surface area (Å²) in [6, 6.07) is 7.01. The summed E-state index contributed by atoms with van der Waals surface area (Å²) in [5.74, 6) is 1.07. The molecule has 20 heavy (non-hydrogen) atoms. The Morgan fingerprint density at radius 3 is 2.85 bits per heavy atom. The van der Waals surface area contributed by atoms with E-state index in [1.54, 1.807) is 0 Å². The van der Waals surface area contributed by atoms with Crippen molar-refractivity contribution in [3.63, 3.8) is 0 Å². The molecule has 1 aliphatic heterocycles. The first-order valence-electron chi connectivity index (χ1n) is 7.96. The van der Waals surface area contributed by atoms with Gasteiger partial charge in [0.1, 0.15) is 5.75 Å². The average molecular weight is 276 g/mol. The van der Waals surface area contributed by atoms with Crippen molar-refractivity contribution in [1.29, 1.82) is 0 Å². The maximum atomic E-state index is 5.56. The minimum absolute atomic E-state index is 0.414. The molecular weight excluding hydrogens is 248 g/mol. The molecule has 1 aliphatic rings. The molecular formula is C17H28N2O. The Balaban J connectivity index is 1.76. The van der Waals surface area contributed by atoms with Crippen molar-refractivity contribution in [2.75, 3.05) is 32.8 Å². The highest BCUT2D eigenvalue weighted by atomic mass is 16.5. The van der Waals surface area contributed by atoms with Crippen LogP contribution >= 0.6 is 0 Å². The van der Waals surface area contributed by atoms with Gasteiger partial charge in [-0.05, 0) is 56.7 Å². The molecule has 3 heteroatoms. The first-order chi connectivity index (χ1) is 9.74. The second kappa shape index (κ2) is 7.65. The van der Waals surface area contributed by atoms with Gasteiger partial charge in [-0.1, -0.05) is 26.0 Å². The van der Waals surface area contributed by atoms with Crippen LogP contribution in [0.3, 0.4) is 0 Å². The normalized spacial score (nSPS) is 15.2. The minimum Gasteiger partial charge on any atom is -0.493 e. The van der Waals surface area contributed by atoms with Gasteiger partial charge in [-0.3, -0.25) is 0 Å². The van der Waals surface area contributed by atoms with Crippen molar-refractivity contribution in [2.24, 2.45) is 0 Å². The number of nitrogens with one attached hydrogen (secondary N) is 1. The number of rotatable bonds is 8. The summed E-state index contributed by atoms with van der Waals surface area (Å²) in [6.07, 6.45) is 2.26. The Morgan fingerprint density at radius 2 is 2.10 bits per heavy atom. The van der Waals surface area contributed by atoms with Gasteiger partial charge in [-0.15, -0.1) is 0 Å². The maximum Gasteiger partial charge on any atom is 0.122 e. The summed E-state index contributed by atoms with van der Waals surface area (Å²) in [6.45, 7) is 12.1. The van der Waals surface area contributed by atoms with Gasteiger partial charge in [-0.25, -0.2) is 0 Å². The number of benzene rings is 1. The van der Waals surface area contributed by atoms with Crippen LogP contribution < -0.4 is 10.1 Å². The van der Waals surface area contributed by atoms with Gasteiger partial charge in [0.15, 0.2) is 0 Å². The van der Waals surface area contributed by atoms with Gasteiger partial charge < -0.3 is 15.0 Å². The van der Waals surface area contributed by atoms with Crippen LogP contribution in [-0.4, -0.2) is 37.7 Å². The Kier molecular flexibility index (Phi) is 5.86. The third-order valence-corrected chi connectivity index (χ3v) is 4.21. The standard InChI is InChI=1S/C17H28N2O/c1-4-19(5-2)11-6-10-18-14(3)15-7-8-17-16(13-15)9-12-20-17/h7-8,13-14,18H,4-6,9-12H2,1-3H3. The fourth-order valence-corrected chi connectivity index (χ4v) is 2.75.